The first kappa shape index (κ1) is 14.9. The average Bonchev–Trinajstić information content (AvgIpc) is 2.79. The lowest BCUT2D eigenvalue weighted by Gasteiger charge is -2.34. The van der Waals surface area contributed by atoms with Gasteiger partial charge in [-0.2, -0.15) is 5.10 Å². The van der Waals surface area contributed by atoms with Crippen molar-refractivity contribution in [2.75, 3.05) is 0 Å². The molecule has 0 aromatic rings. The highest BCUT2D eigenvalue weighted by molar-refractivity contribution is 5.95. The van der Waals surface area contributed by atoms with E-state index < -0.39 is 0 Å². The number of hydrogen-bond donors (Lipinski definition) is 2. The first-order valence-electron chi connectivity index (χ1n) is 8.57. The first-order valence-corrected chi connectivity index (χ1v) is 8.57. The summed E-state index contributed by atoms with van der Waals surface area (Å²) in [5.41, 5.74) is 4.43. The van der Waals surface area contributed by atoms with Crippen LogP contribution in [0, 0.1) is 16.7 Å². The van der Waals surface area contributed by atoms with Crippen LogP contribution in [-0.4, -0.2) is 17.8 Å². The molecule has 4 nitrogen and oxygen atoms in total. The number of urea groups is 1. The van der Waals surface area contributed by atoms with Gasteiger partial charge in [0.1, 0.15) is 0 Å². The molecule has 0 radical (unpaired) electrons. The van der Waals surface area contributed by atoms with Gasteiger partial charge in [0.05, 0.1) is 0 Å². The number of carbonyl (C=O) groups excluding carboxylic acids is 1. The number of fused-ring (bicyclic) bond motifs is 2. The zero-order valence-electron chi connectivity index (χ0n) is 13.7. The van der Waals surface area contributed by atoms with Crippen molar-refractivity contribution < 1.29 is 4.79 Å². The fraction of sp³-hybridized carbons (Fsp3) is 0.882. The van der Waals surface area contributed by atoms with Crippen LogP contribution in [0.5, 0.6) is 0 Å². The minimum absolute atomic E-state index is 0.126. The smallest absolute Gasteiger partial charge is 0.334 e. The fourth-order valence-corrected chi connectivity index (χ4v) is 4.68. The van der Waals surface area contributed by atoms with E-state index in [9.17, 15) is 4.79 Å². The number of amides is 2. The maximum atomic E-state index is 12.0. The van der Waals surface area contributed by atoms with Crippen LogP contribution in [0.1, 0.15) is 72.1 Å². The molecule has 2 N–H and O–H groups in total. The van der Waals surface area contributed by atoms with E-state index in [1.165, 1.54) is 37.8 Å². The molecule has 0 aliphatic heterocycles. The summed E-state index contributed by atoms with van der Waals surface area (Å²) in [5, 5.41) is 7.56. The lowest BCUT2D eigenvalue weighted by molar-refractivity contribution is 0.193. The van der Waals surface area contributed by atoms with Crippen molar-refractivity contribution in [3.05, 3.63) is 0 Å². The van der Waals surface area contributed by atoms with Gasteiger partial charge in [-0.1, -0.05) is 40.0 Å². The summed E-state index contributed by atoms with van der Waals surface area (Å²) >= 11 is 0. The summed E-state index contributed by atoms with van der Waals surface area (Å²) in [7, 11) is 0. The number of hydrogen-bond acceptors (Lipinski definition) is 2. The molecule has 3 saturated carbocycles. The molecule has 4 heteroatoms. The SMILES string of the molecule is CC1(C)[C@H]2CC[C@]1(C)C(=NNC(=O)NC1CCCCC1)C2. The molecule has 0 aromatic carbocycles. The largest absolute Gasteiger partial charge is 0.335 e. The number of carbonyl (C=O) groups is 1. The van der Waals surface area contributed by atoms with Crippen molar-refractivity contribution >= 4 is 11.7 Å². The average molecular weight is 291 g/mol. The Hall–Kier alpha value is -1.06. The Morgan fingerprint density at radius 1 is 1.14 bits per heavy atom. The van der Waals surface area contributed by atoms with Crippen LogP contribution in [0.3, 0.4) is 0 Å². The minimum Gasteiger partial charge on any atom is -0.334 e. The second-order valence-corrected chi connectivity index (χ2v) is 7.97. The molecular formula is C17H29N3O. The van der Waals surface area contributed by atoms with Crippen LogP contribution < -0.4 is 10.7 Å². The molecule has 0 aromatic heterocycles. The van der Waals surface area contributed by atoms with Gasteiger partial charge in [-0.05, 0) is 43.4 Å². The van der Waals surface area contributed by atoms with Gasteiger partial charge in [0.25, 0.3) is 0 Å². The monoisotopic (exact) mass is 291 g/mol. The van der Waals surface area contributed by atoms with E-state index in [4.69, 9.17) is 0 Å². The van der Waals surface area contributed by atoms with Crippen LogP contribution in [0.15, 0.2) is 5.10 Å². The highest BCUT2D eigenvalue weighted by Crippen LogP contribution is 2.63. The number of nitrogens with one attached hydrogen (secondary N) is 2. The van der Waals surface area contributed by atoms with Crippen molar-refractivity contribution in [2.24, 2.45) is 21.8 Å². The van der Waals surface area contributed by atoms with Gasteiger partial charge in [0.2, 0.25) is 0 Å². The van der Waals surface area contributed by atoms with E-state index in [1.807, 2.05) is 0 Å². The van der Waals surface area contributed by atoms with Crippen molar-refractivity contribution in [1.82, 2.24) is 10.7 Å². The summed E-state index contributed by atoms with van der Waals surface area (Å²) in [6.07, 6.45) is 9.53. The molecule has 2 bridgehead atoms. The Morgan fingerprint density at radius 3 is 2.43 bits per heavy atom. The second-order valence-electron chi connectivity index (χ2n) is 7.97. The van der Waals surface area contributed by atoms with E-state index in [-0.39, 0.29) is 11.4 Å². The van der Waals surface area contributed by atoms with Gasteiger partial charge >= 0.3 is 6.03 Å². The molecule has 118 valence electrons. The van der Waals surface area contributed by atoms with Crippen molar-refractivity contribution in [1.29, 1.82) is 0 Å². The Balaban J connectivity index is 1.58. The van der Waals surface area contributed by atoms with Gasteiger partial charge in [-0.15, -0.1) is 0 Å². The number of nitrogens with zero attached hydrogens (tertiary/aromatic N) is 1. The number of hydrazone groups is 1. The van der Waals surface area contributed by atoms with Crippen molar-refractivity contribution in [3.63, 3.8) is 0 Å². The van der Waals surface area contributed by atoms with Crippen LogP contribution in [-0.2, 0) is 0 Å². The van der Waals surface area contributed by atoms with Gasteiger partial charge < -0.3 is 5.32 Å². The van der Waals surface area contributed by atoms with Crippen molar-refractivity contribution in [3.8, 4) is 0 Å². The standard InChI is InChI=1S/C17H29N3O/c1-16(2)12-9-10-17(16,3)14(11-12)19-20-15(21)18-13-7-5-4-6-8-13/h12-13H,4-11H2,1-3H3,(H2,18,20,21)/t12-,17+/m0/s1. The zero-order chi connectivity index (χ0) is 15.1. The third-order valence-electron chi connectivity index (χ3n) is 6.75. The van der Waals surface area contributed by atoms with Gasteiger partial charge in [-0.25, -0.2) is 10.2 Å². The Kier molecular flexibility index (Phi) is 3.74. The van der Waals surface area contributed by atoms with Crippen LogP contribution >= 0.6 is 0 Å². The molecule has 2 atom stereocenters. The first-order chi connectivity index (χ1) is 9.93. The molecule has 0 unspecified atom stereocenters. The maximum Gasteiger partial charge on any atom is 0.335 e. The molecule has 3 rings (SSSR count). The Morgan fingerprint density at radius 2 is 1.86 bits per heavy atom. The summed E-state index contributed by atoms with van der Waals surface area (Å²) in [6, 6.07) is 0.213. The fourth-order valence-electron chi connectivity index (χ4n) is 4.68. The summed E-state index contributed by atoms with van der Waals surface area (Å²) in [6.45, 7) is 7.03. The van der Waals surface area contributed by atoms with Gasteiger partial charge in [-0.3, -0.25) is 0 Å². The van der Waals surface area contributed by atoms with Crippen LogP contribution in [0.2, 0.25) is 0 Å². The molecular weight excluding hydrogens is 262 g/mol. The second kappa shape index (κ2) is 5.29. The van der Waals surface area contributed by atoms with E-state index in [0.29, 0.717) is 11.5 Å². The molecule has 3 aliphatic carbocycles. The number of rotatable bonds is 2. The van der Waals surface area contributed by atoms with Crippen LogP contribution in [0.4, 0.5) is 4.79 Å². The lowest BCUT2D eigenvalue weighted by atomic mass is 9.70. The normalized spacial score (nSPS) is 36.9. The lowest BCUT2D eigenvalue weighted by Crippen LogP contribution is -2.42. The van der Waals surface area contributed by atoms with Crippen molar-refractivity contribution in [2.45, 2.75) is 78.2 Å². The van der Waals surface area contributed by atoms with E-state index in [1.54, 1.807) is 0 Å². The Bertz CT molecular complexity index is 451. The molecule has 3 fully saturated rings. The highest BCUT2D eigenvalue weighted by atomic mass is 16.2. The van der Waals surface area contributed by atoms with E-state index in [0.717, 1.165) is 25.2 Å². The minimum atomic E-state index is -0.126. The quantitative estimate of drug-likeness (QED) is 0.747. The maximum absolute atomic E-state index is 12.0. The molecule has 3 aliphatic rings. The van der Waals surface area contributed by atoms with E-state index >= 15 is 0 Å². The zero-order valence-corrected chi connectivity index (χ0v) is 13.7. The predicted molar refractivity (Wildman–Crippen MR) is 85.2 cm³/mol. The molecule has 21 heavy (non-hydrogen) atoms. The van der Waals surface area contributed by atoms with Gasteiger partial charge in [0, 0.05) is 17.2 Å². The topological polar surface area (TPSA) is 53.5 Å². The van der Waals surface area contributed by atoms with Gasteiger partial charge in [0.15, 0.2) is 0 Å². The molecule has 0 saturated heterocycles. The Labute approximate surface area is 128 Å². The third kappa shape index (κ3) is 2.47. The summed E-state index contributed by atoms with van der Waals surface area (Å²) in [4.78, 5) is 12.0. The third-order valence-corrected chi connectivity index (χ3v) is 6.75. The predicted octanol–water partition coefficient (Wildman–Crippen LogP) is 3.82. The summed E-state index contributed by atoms with van der Waals surface area (Å²) < 4.78 is 0. The van der Waals surface area contributed by atoms with E-state index in [2.05, 4.69) is 36.6 Å². The molecule has 0 spiro atoms. The van der Waals surface area contributed by atoms with Crippen LogP contribution in [0.25, 0.3) is 0 Å². The highest BCUT2D eigenvalue weighted by Gasteiger charge is 2.60. The molecule has 2 amide bonds. The summed E-state index contributed by atoms with van der Waals surface area (Å²) in [5.74, 6) is 0.726. The molecule has 0 heterocycles.